The monoisotopic (exact) mass is 254 g/mol. The highest BCUT2D eigenvalue weighted by Gasteiger charge is 2.26. The second kappa shape index (κ2) is 4.48. The molecule has 0 amide bonds. The molecule has 0 saturated heterocycles. The second-order valence-corrected chi connectivity index (χ2v) is 5.53. The Balaban J connectivity index is 2.89. The molecule has 1 atom stereocenters. The third kappa shape index (κ3) is 2.60. The summed E-state index contributed by atoms with van der Waals surface area (Å²) >= 11 is 3.79. The zero-order valence-electron chi connectivity index (χ0n) is 9.47. The van der Waals surface area contributed by atoms with Gasteiger partial charge in [0, 0.05) is 4.83 Å². The molecule has 1 heteroatoms. The molecule has 0 N–H and O–H groups in total. The molecule has 0 bridgehead atoms. The van der Waals surface area contributed by atoms with Crippen molar-refractivity contribution in [3.63, 3.8) is 0 Å². The van der Waals surface area contributed by atoms with Gasteiger partial charge in [-0.1, -0.05) is 66.5 Å². The Bertz CT molecular complexity index is 285. The molecule has 0 aliphatic heterocycles. The van der Waals surface area contributed by atoms with Gasteiger partial charge < -0.3 is 0 Å². The number of rotatable bonds is 3. The Morgan fingerprint density at radius 1 is 1.21 bits per heavy atom. The van der Waals surface area contributed by atoms with Crippen molar-refractivity contribution in [2.24, 2.45) is 5.41 Å². The van der Waals surface area contributed by atoms with Gasteiger partial charge >= 0.3 is 0 Å². The highest BCUT2D eigenvalue weighted by molar-refractivity contribution is 9.09. The number of hydrogen-bond donors (Lipinski definition) is 0. The van der Waals surface area contributed by atoms with Crippen LogP contribution in [-0.2, 0) is 0 Å². The predicted octanol–water partition coefficient (Wildman–Crippen LogP) is 4.87. The minimum atomic E-state index is 0.315. The maximum Gasteiger partial charge on any atom is 0.0446 e. The quantitative estimate of drug-likeness (QED) is 0.676. The summed E-state index contributed by atoms with van der Waals surface area (Å²) in [4.78, 5) is 0.445. The molecule has 0 aromatic heterocycles. The van der Waals surface area contributed by atoms with Crippen molar-refractivity contribution < 1.29 is 0 Å². The van der Waals surface area contributed by atoms with Crippen molar-refractivity contribution in [1.82, 2.24) is 0 Å². The number of hydrogen-bond acceptors (Lipinski definition) is 0. The molecule has 0 spiro atoms. The molecule has 1 aromatic carbocycles. The molecule has 0 saturated carbocycles. The summed E-state index contributed by atoms with van der Waals surface area (Å²) in [6, 6.07) is 8.78. The maximum atomic E-state index is 3.79. The van der Waals surface area contributed by atoms with Crippen LogP contribution in [0.15, 0.2) is 24.3 Å². The molecule has 0 nitrogen and oxygen atoms in total. The minimum Gasteiger partial charge on any atom is -0.0833 e. The lowest BCUT2D eigenvalue weighted by Gasteiger charge is -2.29. The van der Waals surface area contributed by atoms with Crippen LogP contribution in [0.25, 0.3) is 0 Å². The molecule has 1 aromatic rings. The first-order valence-electron chi connectivity index (χ1n) is 5.18. The van der Waals surface area contributed by atoms with Crippen molar-refractivity contribution in [1.29, 1.82) is 0 Å². The van der Waals surface area contributed by atoms with Gasteiger partial charge in [0.2, 0.25) is 0 Å². The van der Waals surface area contributed by atoms with Gasteiger partial charge in [0.1, 0.15) is 0 Å². The first kappa shape index (κ1) is 11.8. The Kier molecular flexibility index (Phi) is 3.77. The van der Waals surface area contributed by atoms with Crippen molar-refractivity contribution in [2.75, 3.05) is 0 Å². The van der Waals surface area contributed by atoms with E-state index >= 15 is 0 Å². The molecule has 0 radical (unpaired) electrons. The van der Waals surface area contributed by atoms with Crippen molar-refractivity contribution in [2.45, 2.75) is 38.9 Å². The average Bonchev–Trinajstić information content (AvgIpc) is 2.18. The highest BCUT2D eigenvalue weighted by Crippen LogP contribution is 2.42. The van der Waals surface area contributed by atoms with Gasteiger partial charge in [-0.05, 0) is 24.3 Å². The first-order valence-corrected chi connectivity index (χ1v) is 6.09. The van der Waals surface area contributed by atoms with Crippen LogP contribution < -0.4 is 0 Å². The Morgan fingerprint density at radius 2 is 1.71 bits per heavy atom. The van der Waals surface area contributed by atoms with E-state index in [9.17, 15) is 0 Å². The normalized spacial score (nSPS) is 14.1. The number of alkyl halides is 1. The van der Waals surface area contributed by atoms with Crippen LogP contribution in [0.5, 0.6) is 0 Å². The van der Waals surface area contributed by atoms with E-state index in [1.54, 1.807) is 0 Å². The van der Waals surface area contributed by atoms with Gasteiger partial charge in [-0.15, -0.1) is 0 Å². The van der Waals surface area contributed by atoms with Crippen LogP contribution in [0.3, 0.4) is 0 Å². The molecule has 78 valence electrons. The van der Waals surface area contributed by atoms with Gasteiger partial charge in [-0.3, -0.25) is 0 Å². The van der Waals surface area contributed by atoms with Gasteiger partial charge in [0.25, 0.3) is 0 Å². The molecular formula is C13H19Br. The molecule has 0 heterocycles. The van der Waals surface area contributed by atoms with E-state index in [1.165, 1.54) is 17.5 Å². The van der Waals surface area contributed by atoms with Crippen LogP contribution in [-0.4, -0.2) is 0 Å². The molecular weight excluding hydrogens is 236 g/mol. The van der Waals surface area contributed by atoms with Crippen LogP contribution in [0, 0.1) is 12.3 Å². The number of benzene rings is 1. The minimum absolute atomic E-state index is 0.315. The van der Waals surface area contributed by atoms with Crippen molar-refractivity contribution >= 4 is 15.9 Å². The van der Waals surface area contributed by atoms with E-state index in [-0.39, 0.29) is 0 Å². The summed E-state index contributed by atoms with van der Waals surface area (Å²) in [5.74, 6) is 0. The number of aryl methyl sites for hydroxylation is 1. The van der Waals surface area contributed by atoms with Gasteiger partial charge in [-0.2, -0.15) is 0 Å². The molecule has 0 aliphatic carbocycles. The molecule has 0 fully saturated rings. The van der Waals surface area contributed by atoms with E-state index in [2.05, 4.69) is 67.9 Å². The number of halogens is 1. The summed E-state index contributed by atoms with van der Waals surface area (Å²) in [5.41, 5.74) is 3.01. The van der Waals surface area contributed by atoms with Crippen LogP contribution in [0.1, 0.15) is 43.1 Å². The first-order chi connectivity index (χ1) is 6.47. The lowest BCUT2D eigenvalue weighted by Crippen LogP contribution is -2.16. The van der Waals surface area contributed by atoms with E-state index in [0.29, 0.717) is 10.2 Å². The zero-order chi connectivity index (χ0) is 10.8. The third-order valence-electron chi connectivity index (χ3n) is 2.97. The molecule has 0 aliphatic rings. The van der Waals surface area contributed by atoms with E-state index in [1.807, 2.05) is 0 Å². The topological polar surface area (TPSA) is 0 Å². The molecule has 1 unspecified atom stereocenters. The van der Waals surface area contributed by atoms with E-state index in [4.69, 9.17) is 0 Å². The van der Waals surface area contributed by atoms with Crippen LogP contribution in [0.2, 0.25) is 0 Å². The van der Waals surface area contributed by atoms with E-state index in [0.717, 1.165) is 0 Å². The Labute approximate surface area is 95.9 Å². The highest BCUT2D eigenvalue weighted by atomic mass is 79.9. The van der Waals surface area contributed by atoms with E-state index < -0.39 is 0 Å². The molecule has 14 heavy (non-hydrogen) atoms. The van der Waals surface area contributed by atoms with Gasteiger partial charge in [0.05, 0.1) is 0 Å². The van der Waals surface area contributed by atoms with Crippen molar-refractivity contribution in [3.05, 3.63) is 35.4 Å². The summed E-state index contributed by atoms with van der Waals surface area (Å²) in [6.45, 7) is 8.96. The summed E-state index contributed by atoms with van der Waals surface area (Å²) in [6.07, 6.45) is 1.18. The Morgan fingerprint density at radius 3 is 2.14 bits per heavy atom. The lowest BCUT2D eigenvalue weighted by molar-refractivity contribution is 0.346. The van der Waals surface area contributed by atoms with Gasteiger partial charge in [0.15, 0.2) is 0 Å². The predicted molar refractivity (Wildman–Crippen MR) is 66.9 cm³/mol. The van der Waals surface area contributed by atoms with Crippen LogP contribution in [0.4, 0.5) is 0 Å². The average molecular weight is 255 g/mol. The maximum absolute atomic E-state index is 3.79. The Hall–Kier alpha value is -0.300. The fraction of sp³-hybridized carbons (Fsp3) is 0.538. The largest absolute Gasteiger partial charge is 0.0833 e. The third-order valence-corrected chi connectivity index (χ3v) is 4.74. The standard InChI is InChI=1S/C13H19Br/c1-5-13(3,4)12(14)11-8-6-10(2)7-9-11/h6-9,12H,5H2,1-4H3. The SMILES string of the molecule is CCC(C)(C)C(Br)c1ccc(C)cc1. The summed E-state index contributed by atoms with van der Waals surface area (Å²) in [5, 5.41) is 0. The van der Waals surface area contributed by atoms with Crippen LogP contribution >= 0.6 is 15.9 Å². The molecule has 1 rings (SSSR count). The van der Waals surface area contributed by atoms with Gasteiger partial charge in [-0.25, -0.2) is 0 Å². The van der Waals surface area contributed by atoms with Crippen molar-refractivity contribution in [3.8, 4) is 0 Å². The fourth-order valence-electron chi connectivity index (χ4n) is 1.37. The second-order valence-electron chi connectivity index (χ2n) is 4.62. The summed E-state index contributed by atoms with van der Waals surface area (Å²) < 4.78 is 0. The zero-order valence-corrected chi connectivity index (χ0v) is 11.1. The smallest absolute Gasteiger partial charge is 0.0446 e. The summed E-state index contributed by atoms with van der Waals surface area (Å²) in [7, 11) is 0. The lowest BCUT2D eigenvalue weighted by atomic mass is 9.83. The fourth-order valence-corrected chi connectivity index (χ4v) is 1.99.